The van der Waals surface area contributed by atoms with Gasteiger partial charge in [0.2, 0.25) is 0 Å². The smallest absolute Gasteiger partial charge is 0.261 e. The van der Waals surface area contributed by atoms with Crippen LogP contribution in [-0.2, 0) is 0 Å². The standard InChI is InChI=1S/C13H18ClNOS/c1-9-7-11(17-10(9)2)12(16)15-8-13(3-4-13)5-6-14/h7H,3-6,8H2,1-2H3,(H,15,16). The Kier molecular flexibility index (Phi) is 3.79. The predicted molar refractivity (Wildman–Crippen MR) is 73.1 cm³/mol. The van der Waals surface area contributed by atoms with Gasteiger partial charge in [0.05, 0.1) is 4.88 Å². The van der Waals surface area contributed by atoms with Crippen LogP contribution in [0.5, 0.6) is 0 Å². The van der Waals surface area contributed by atoms with Gasteiger partial charge in [-0.1, -0.05) is 0 Å². The minimum atomic E-state index is 0.0621. The van der Waals surface area contributed by atoms with E-state index in [4.69, 9.17) is 11.6 Å². The largest absolute Gasteiger partial charge is 0.351 e. The maximum Gasteiger partial charge on any atom is 0.261 e. The van der Waals surface area contributed by atoms with E-state index in [1.54, 1.807) is 11.3 Å². The summed E-state index contributed by atoms with van der Waals surface area (Å²) in [7, 11) is 0. The van der Waals surface area contributed by atoms with Crippen molar-refractivity contribution in [1.29, 1.82) is 0 Å². The quantitative estimate of drug-likeness (QED) is 0.816. The van der Waals surface area contributed by atoms with Crippen LogP contribution in [0.2, 0.25) is 0 Å². The number of hydrogen-bond donors (Lipinski definition) is 1. The van der Waals surface area contributed by atoms with Crippen molar-refractivity contribution in [3.05, 3.63) is 21.4 Å². The van der Waals surface area contributed by atoms with Gasteiger partial charge in [0.15, 0.2) is 0 Å². The molecular formula is C13H18ClNOS. The number of carbonyl (C=O) groups is 1. The third kappa shape index (κ3) is 3.02. The third-order valence-electron chi connectivity index (χ3n) is 3.60. The first-order chi connectivity index (χ1) is 8.06. The molecule has 0 saturated heterocycles. The number of carbonyl (C=O) groups excluding carboxylic acids is 1. The summed E-state index contributed by atoms with van der Waals surface area (Å²) in [5.74, 6) is 0.750. The first-order valence-electron chi connectivity index (χ1n) is 5.97. The Morgan fingerprint density at radius 3 is 2.71 bits per heavy atom. The second-order valence-corrected chi connectivity index (χ2v) is 6.61. The Hall–Kier alpha value is -0.540. The third-order valence-corrected chi connectivity index (χ3v) is 4.94. The highest BCUT2D eigenvalue weighted by Gasteiger charge is 2.41. The Morgan fingerprint density at radius 2 is 2.24 bits per heavy atom. The molecule has 1 N–H and O–H groups in total. The van der Waals surface area contributed by atoms with Gasteiger partial charge in [-0.3, -0.25) is 4.79 Å². The number of hydrogen-bond acceptors (Lipinski definition) is 2. The Labute approximate surface area is 111 Å². The van der Waals surface area contributed by atoms with Crippen molar-refractivity contribution >= 4 is 28.8 Å². The molecule has 0 spiro atoms. The molecule has 1 aromatic heterocycles. The van der Waals surface area contributed by atoms with Gasteiger partial charge in [-0.05, 0) is 50.2 Å². The van der Waals surface area contributed by atoms with Crippen LogP contribution in [0.15, 0.2) is 6.07 Å². The van der Waals surface area contributed by atoms with Gasteiger partial charge < -0.3 is 5.32 Å². The van der Waals surface area contributed by atoms with E-state index in [0.29, 0.717) is 11.3 Å². The summed E-state index contributed by atoms with van der Waals surface area (Å²) in [6.45, 7) is 4.86. The summed E-state index contributed by atoms with van der Waals surface area (Å²) >= 11 is 7.34. The average Bonchev–Trinajstić information content (AvgIpc) is 2.97. The molecule has 1 amide bonds. The number of aryl methyl sites for hydroxylation is 2. The molecule has 94 valence electrons. The molecule has 0 bridgehead atoms. The van der Waals surface area contributed by atoms with E-state index in [-0.39, 0.29) is 5.91 Å². The van der Waals surface area contributed by atoms with Crippen molar-refractivity contribution in [2.45, 2.75) is 33.1 Å². The van der Waals surface area contributed by atoms with E-state index < -0.39 is 0 Å². The van der Waals surface area contributed by atoms with Crippen molar-refractivity contribution in [3.63, 3.8) is 0 Å². The van der Waals surface area contributed by atoms with Crippen molar-refractivity contribution in [1.82, 2.24) is 5.32 Å². The van der Waals surface area contributed by atoms with Crippen LogP contribution in [-0.4, -0.2) is 18.3 Å². The van der Waals surface area contributed by atoms with Crippen LogP contribution in [0.25, 0.3) is 0 Å². The molecule has 1 aliphatic rings. The maximum atomic E-state index is 12.0. The second-order valence-electron chi connectivity index (χ2n) is 4.97. The number of amides is 1. The number of nitrogens with one attached hydrogen (secondary N) is 1. The zero-order valence-electron chi connectivity index (χ0n) is 10.3. The summed E-state index contributed by atoms with van der Waals surface area (Å²) in [4.78, 5) is 14.0. The highest BCUT2D eigenvalue weighted by molar-refractivity contribution is 7.14. The molecule has 0 unspecified atom stereocenters. The molecule has 2 nitrogen and oxygen atoms in total. The van der Waals surface area contributed by atoms with Crippen LogP contribution in [0, 0.1) is 19.3 Å². The molecular weight excluding hydrogens is 254 g/mol. The van der Waals surface area contributed by atoms with E-state index in [2.05, 4.69) is 5.32 Å². The zero-order chi connectivity index (χ0) is 12.5. The van der Waals surface area contributed by atoms with E-state index in [1.807, 2.05) is 19.9 Å². The predicted octanol–water partition coefficient (Wildman–Crippen LogP) is 3.50. The lowest BCUT2D eigenvalue weighted by Crippen LogP contribution is -2.29. The molecule has 0 atom stereocenters. The summed E-state index contributed by atoms with van der Waals surface area (Å²) in [5.41, 5.74) is 1.50. The molecule has 1 saturated carbocycles. The van der Waals surface area contributed by atoms with Gasteiger partial charge in [0, 0.05) is 17.3 Å². The second kappa shape index (κ2) is 4.99. The Morgan fingerprint density at radius 1 is 1.53 bits per heavy atom. The van der Waals surface area contributed by atoms with Gasteiger partial charge >= 0.3 is 0 Å². The van der Waals surface area contributed by atoms with Crippen LogP contribution < -0.4 is 5.32 Å². The topological polar surface area (TPSA) is 29.1 Å². The van der Waals surface area contributed by atoms with Crippen molar-refractivity contribution in [3.8, 4) is 0 Å². The van der Waals surface area contributed by atoms with Crippen LogP contribution in [0.1, 0.15) is 39.4 Å². The first kappa shape index (κ1) is 12.9. The maximum absolute atomic E-state index is 12.0. The summed E-state index contributed by atoms with van der Waals surface area (Å²) < 4.78 is 0. The van der Waals surface area contributed by atoms with E-state index in [1.165, 1.54) is 23.3 Å². The molecule has 4 heteroatoms. The zero-order valence-corrected chi connectivity index (χ0v) is 11.9. The van der Waals surface area contributed by atoms with Gasteiger partial charge in [0.1, 0.15) is 0 Å². The van der Waals surface area contributed by atoms with E-state index in [0.717, 1.165) is 17.8 Å². The molecule has 0 radical (unpaired) electrons. The average molecular weight is 272 g/mol. The molecule has 0 aliphatic heterocycles. The van der Waals surface area contributed by atoms with Crippen molar-refractivity contribution in [2.75, 3.05) is 12.4 Å². The lowest BCUT2D eigenvalue weighted by Gasteiger charge is -2.13. The molecule has 0 aromatic carbocycles. The van der Waals surface area contributed by atoms with Crippen molar-refractivity contribution < 1.29 is 4.79 Å². The lowest BCUT2D eigenvalue weighted by molar-refractivity contribution is 0.0948. The minimum absolute atomic E-state index is 0.0621. The fourth-order valence-corrected chi connectivity index (χ4v) is 3.28. The van der Waals surface area contributed by atoms with E-state index in [9.17, 15) is 4.79 Å². The number of rotatable bonds is 5. The van der Waals surface area contributed by atoms with Crippen LogP contribution in [0.4, 0.5) is 0 Å². The summed E-state index contributed by atoms with van der Waals surface area (Å²) in [6.07, 6.45) is 3.41. The molecule has 1 heterocycles. The number of halogens is 1. The van der Waals surface area contributed by atoms with Crippen molar-refractivity contribution in [2.24, 2.45) is 5.41 Å². The normalized spacial score (nSPS) is 16.9. The molecule has 1 aromatic rings. The first-order valence-corrected chi connectivity index (χ1v) is 7.33. The lowest BCUT2D eigenvalue weighted by atomic mass is 10.0. The molecule has 2 rings (SSSR count). The Balaban J connectivity index is 1.89. The Bertz CT molecular complexity index is 404. The molecule has 1 fully saturated rings. The van der Waals surface area contributed by atoms with Crippen LogP contribution >= 0.6 is 22.9 Å². The van der Waals surface area contributed by atoms with Gasteiger partial charge in [-0.25, -0.2) is 0 Å². The monoisotopic (exact) mass is 271 g/mol. The number of thiophene rings is 1. The van der Waals surface area contributed by atoms with Gasteiger partial charge in [0.25, 0.3) is 5.91 Å². The van der Waals surface area contributed by atoms with Crippen LogP contribution in [0.3, 0.4) is 0 Å². The highest BCUT2D eigenvalue weighted by Crippen LogP contribution is 2.48. The fraction of sp³-hybridized carbons (Fsp3) is 0.615. The molecule has 1 aliphatic carbocycles. The summed E-state index contributed by atoms with van der Waals surface area (Å²) in [6, 6.07) is 1.97. The van der Waals surface area contributed by atoms with E-state index >= 15 is 0 Å². The SMILES string of the molecule is Cc1cc(C(=O)NCC2(CCCl)CC2)sc1C. The van der Waals surface area contributed by atoms with Gasteiger partial charge in [-0.2, -0.15) is 0 Å². The minimum Gasteiger partial charge on any atom is -0.351 e. The molecule has 17 heavy (non-hydrogen) atoms. The van der Waals surface area contributed by atoms with Gasteiger partial charge in [-0.15, -0.1) is 22.9 Å². The fourth-order valence-electron chi connectivity index (χ4n) is 1.93. The highest BCUT2D eigenvalue weighted by atomic mass is 35.5. The number of alkyl halides is 1. The summed E-state index contributed by atoms with van der Waals surface area (Å²) in [5, 5.41) is 3.04.